The van der Waals surface area contributed by atoms with Crippen molar-refractivity contribution in [2.45, 2.75) is 26.3 Å². The SMILES string of the molecule is CCNC(Cc1cccc(F)c1Cl)c1cc(C)ccc1Br. The Morgan fingerprint density at radius 1 is 1.29 bits per heavy atom. The molecule has 21 heavy (non-hydrogen) atoms. The lowest BCUT2D eigenvalue weighted by Gasteiger charge is -2.21. The largest absolute Gasteiger partial charge is 0.310 e. The molecule has 2 aromatic rings. The normalized spacial score (nSPS) is 12.4. The van der Waals surface area contributed by atoms with Crippen LogP contribution in [0.4, 0.5) is 4.39 Å². The first kappa shape index (κ1) is 16.5. The predicted octanol–water partition coefficient (Wildman–Crippen LogP) is 5.44. The third-order valence-corrected chi connectivity index (χ3v) is 4.58. The van der Waals surface area contributed by atoms with Gasteiger partial charge in [-0.15, -0.1) is 0 Å². The average Bonchev–Trinajstić information content (AvgIpc) is 2.46. The molecule has 112 valence electrons. The summed E-state index contributed by atoms with van der Waals surface area (Å²) in [6.07, 6.45) is 0.645. The van der Waals surface area contributed by atoms with Crippen molar-refractivity contribution in [2.24, 2.45) is 0 Å². The number of hydrogen-bond donors (Lipinski definition) is 1. The number of rotatable bonds is 5. The van der Waals surface area contributed by atoms with Crippen molar-refractivity contribution in [3.05, 3.63) is 68.4 Å². The van der Waals surface area contributed by atoms with Crippen LogP contribution in [0, 0.1) is 12.7 Å². The first-order valence-corrected chi connectivity index (χ1v) is 8.12. The number of aryl methyl sites for hydroxylation is 1. The zero-order valence-electron chi connectivity index (χ0n) is 12.1. The highest BCUT2D eigenvalue weighted by Gasteiger charge is 2.17. The smallest absolute Gasteiger partial charge is 0.142 e. The quantitative estimate of drug-likeness (QED) is 0.738. The molecule has 0 aliphatic heterocycles. The van der Waals surface area contributed by atoms with E-state index in [2.05, 4.69) is 47.2 Å². The summed E-state index contributed by atoms with van der Waals surface area (Å²) in [7, 11) is 0. The van der Waals surface area contributed by atoms with E-state index in [4.69, 9.17) is 11.6 Å². The minimum absolute atomic E-state index is 0.0866. The van der Waals surface area contributed by atoms with Gasteiger partial charge in [0.25, 0.3) is 0 Å². The molecule has 0 heterocycles. The monoisotopic (exact) mass is 369 g/mol. The van der Waals surface area contributed by atoms with Crippen LogP contribution in [-0.2, 0) is 6.42 Å². The molecule has 0 fully saturated rings. The zero-order valence-corrected chi connectivity index (χ0v) is 14.4. The summed E-state index contributed by atoms with van der Waals surface area (Å²) in [5.74, 6) is -0.368. The van der Waals surface area contributed by atoms with E-state index in [9.17, 15) is 4.39 Å². The molecule has 1 nitrogen and oxygen atoms in total. The van der Waals surface area contributed by atoms with Crippen LogP contribution in [-0.4, -0.2) is 6.54 Å². The number of likely N-dealkylation sites (N-methyl/N-ethyl adjacent to an activating group) is 1. The number of nitrogens with one attached hydrogen (secondary N) is 1. The molecule has 1 N–H and O–H groups in total. The van der Waals surface area contributed by atoms with Crippen LogP contribution >= 0.6 is 27.5 Å². The third-order valence-electron chi connectivity index (χ3n) is 3.43. The van der Waals surface area contributed by atoms with E-state index >= 15 is 0 Å². The van der Waals surface area contributed by atoms with Gasteiger partial charge in [-0.05, 0) is 43.1 Å². The Morgan fingerprint density at radius 2 is 2.05 bits per heavy atom. The van der Waals surface area contributed by atoms with Gasteiger partial charge in [-0.3, -0.25) is 0 Å². The van der Waals surface area contributed by atoms with Crippen molar-refractivity contribution in [1.29, 1.82) is 0 Å². The van der Waals surface area contributed by atoms with E-state index in [-0.39, 0.29) is 16.9 Å². The van der Waals surface area contributed by atoms with Gasteiger partial charge in [-0.2, -0.15) is 0 Å². The number of hydrogen-bond acceptors (Lipinski definition) is 1. The Labute approximate surface area is 138 Å². The lowest BCUT2D eigenvalue weighted by Crippen LogP contribution is -2.23. The van der Waals surface area contributed by atoms with Crippen LogP contribution in [0.15, 0.2) is 40.9 Å². The van der Waals surface area contributed by atoms with Gasteiger partial charge in [0.1, 0.15) is 5.82 Å². The van der Waals surface area contributed by atoms with E-state index in [0.29, 0.717) is 6.42 Å². The van der Waals surface area contributed by atoms with Gasteiger partial charge in [0, 0.05) is 10.5 Å². The van der Waals surface area contributed by atoms with Crippen molar-refractivity contribution in [2.75, 3.05) is 6.54 Å². The van der Waals surface area contributed by atoms with Crippen LogP contribution in [0.3, 0.4) is 0 Å². The third kappa shape index (κ3) is 4.06. The summed E-state index contributed by atoms with van der Waals surface area (Å²) >= 11 is 9.68. The van der Waals surface area contributed by atoms with E-state index in [1.165, 1.54) is 11.6 Å². The van der Waals surface area contributed by atoms with Gasteiger partial charge in [0.15, 0.2) is 0 Å². The number of halogens is 3. The van der Waals surface area contributed by atoms with Crippen molar-refractivity contribution in [3.8, 4) is 0 Å². The van der Waals surface area contributed by atoms with Crippen molar-refractivity contribution in [1.82, 2.24) is 5.32 Å². The lowest BCUT2D eigenvalue weighted by molar-refractivity contribution is 0.545. The predicted molar refractivity (Wildman–Crippen MR) is 90.4 cm³/mol. The van der Waals surface area contributed by atoms with Crippen LogP contribution in [0.5, 0.6) is 0 Å². The molecule has 0 spiro atoms. The molecule has 0 radical (unpaired) electrons. The topological polar surface area (TPSA) is 12.0 Å². The van der Waals surface area contributed by atoms with Gasteiger partial charge in [0.2, 0.25) is 0 Å². The maximum absolute atomic E-state index is 13.6. The fourth-order valence-corrected chi connectivity index (χ4v) is 3.12. The highest BCUT2D eigenvalue weighted by atomic mass is 79.9. The second kappa shape index (κ2) is 7.39. The summed E-state index contributed by atoms with van der Waals surface area (Å²) in [6, 6.07) is 11.3. The van der Waals surface area contributed by atoms with E-state index in [0.717, 1.165) is 22.1 Å². The molecule has 0 bridgehead atoms. The molecule has 0 saturated heterocycles. The molecule has 0 aliphatic rings. The Kier molecular flexibility index (Phi) is 5.80. The van der Waals surface area contributed by atoms with Crippen LogP contribution in [0.25, 0.3) is 0 Å². The standard InChI is InChI=1S/C17H18BrClFN/c1-3-21-16(13-9-11(2)7-8-14(13)18)10-12-5-4-6-15(20)17(12)19/h4-9,16,21H,3,10H2,1-2H3. The summed E-state index contributed by atoms with van der Waals surface area (Å²) in [5.41, 5.74) is 3.18. The van der Waals surface area contributed by atoms with Gasteiger partial charge >= 0.3 is 0 Å². The summed E-state index contributed by atoms with van der Waals surface area (Å²) in [6.45, 7) is 4.95. The van der Waals surface area contributed by atoms with E-state index in [1.807, 2.05) is 12.1 Å². The summed E-state index contributed by atoms with van der Waals surface area (Å²) < 4.78 is 14.6. The molecule has 0 aromatic heterocycles. The molecule has 0 amide bonds. The summed E-state index contributed by atoms with van der Waals surface area (Å²) in [5, 5.41) is 3.66. The van der Waals surface area contributed by atoms with Crippen molar-refractivity contribution < 1.29 is 4.39 Å². The number of benzene rings is 2. The highest BCUT2D eigenvalue weighted by molar-refractivity contribution is 9.10. The molecule has 2 aromatic carbocycles. The van der Waals surface area contributed by atoms with Gasteiger partial charge in [0.05, 0.1) is 5.02 Å². The van der Waals surface area contributed by atoms with E-state index < -0.39 is 0 Å². The summed E-state index contributed by atoms with van der Waals surface area (Å²) in [4.78, 5) is 0. The van der Waals surface area contributed by atoms with Crippen LogP contribution in [0.2, 0.25) is 5.02 Å². The fourth-order valence-electron chi connectivity index (χ4n) is 2.39. The van der Waals surface area contributed by atoms with Crippen LogP contribution < -0.4 is 5.32 Å². The molecule has 1 atom stereocenters. The van der Waals surface area contributed by atoms with E-state index in [1.54, 1.807) is 6.07 Å². The maximum Gasteiger partial charge on any atom is 0.142 e. The molecule has 1 unspecified atom stereocenters. The highest BCUT2D eigenvalue weighted by Crippen LogP contribution is 2.30. The Hall–Kier alpha value is -0.900. The minimum atomic E-state index is -0.368. The molecule has 4 heteroatoms. The second-order valence-corrected chi connectivity index (χ2v) is 6.28. The first-order chi connectivity index (χ1) is 10.0. The molecule has 2 rings (SSSR count). The molecular formula is C17H18BrClFN. The minimum Gasteiger partial charge on any atom is -0.310 e. The average molecular weight is 371 g/mol. The molecule has 0 saturated carbocycles. The Balaban J connectivity index is 2.35. The van der Waals surface area contributed by atoms with Crippen molar-refractivity contribution >= 4 is 27.5 Å². The van der Waals surface area contributed by atoms with Gasteiger partial charge in [-0.1, -0.05) is 64.3 Å². The Bertz CT molecular complexity index is 630. The van der Waals surface area contributed by atoms with Gasteiger partial charge < -0.3 is 5.32 Å². The molecular weight excluding hydrogens is 353 g/mol. The second-order valence-electron chi connectivity index (χ2n) is 5.05. The van der Waals surface area contributed by atoms with Crippen molar-refractivity contribution in [3.63, 3.8) is 0 Å². The zero-order chi connectivity index (χ0) is 15.4. The lowest BCUT2D eigenvalue weighted by atomic mass is 9.97. The molecule has 0 aliphatic carbocycles. The van der Waals surface area contributed by atoms with Gasteiger partial charge in [-0.25, -0.2) is 4.39 Å². The first-order valence-electron chi connectivity index (χ1n) is 6.95. The maximum atomic E-state index is 13.6. The Morgan fingerprint density at radius 3 is 2.76 bits per heavy atom. The van der Waals surface area contributed by atoms with Crippen LogP contribution in [0.1, 0.15) is 29.7 Å². The fraction of sp³-hybridized carbons (Fsp3) is 0.294.